The van der Waals surface area contributed by atoms with Crippen LogP contribution in [0, 0.1) is 11.3 Å². The highest BCUT2D eigenvalue weighted by atomic mass is 35.5. The summed E-state index contributed by atoms with van der Waals surface area (Å²) in [5.74, 6) is -1.54. The second-order valence-electron chi connectivity index (χ2n) is 3.12. The lowest BCUT2D eigenvalue weighted by atomic mass is 10.1. The number of hydrogen-bond acceptors (Lipinski definition) is 1. The van der Waals surface area contributed by atoms with E-state index in [1.54, 1.807) is 13.8 Å². The first kappa shape index (κ1) is 8.15. The number of carbonyl (C=O) groups is 1. The Labute approximate surface area is 69.1 Å². The van der Waals surface area contributed by atoms with E-state index in [9.17, 15) is 4.79 Å². The Morgan fingerprint density at radius 2 is 1.80 bits per heavy atom. The number of carboxylic acids is 1. The van der Waals surface area contributed by atoms with Crippen LogP contribution in [0.4, 0.5) is 0 Å². The van der Waals surface area contributed by atoms with Gasteiger partial charge in [0.15, 0.2) is 0 Å². The van der Waals surface area contributed by atoms with Gasteiger partial charge in [0.25, 0.3) is 0 Å². The molecule has 1 saturated carbocycles. The molecule has 0 amide bonds. The molecular formula is C6H8Cl2O2. The van der Waals surface area contributed by atoms with Crippen molar-refractivity contribution in [1.29, 1.82) is 0 Å². The first-order valence-corrected chi connectivity index (χ1v) is 3.68. The molecule has 1 aliphatic carbocycles. The van der Waals surface area contributed by atoms with Crippen LogP contribution in [0.3, 0.4) is 0 Å². The average Bonchev–Trinajstić information content (AvgIpc) is 1.97. The lowest BCUT2D eigenvalue weighted by Gasteiger charge is -1.98. The van der Waals surface area contributed by atoms with Crippen LogP contribution in [-0.2, 0) is 4.79 Å². The molecule has 1 unspecified atom stereocenters. The van der Waals surface area contributed by atoms with Gasteiger partial charge in [-0.05, 0) is 0 Å². The van der Waals surface area contributed by atoms with Crippen LogP contribution in [0.2, 0.25) is 0 Å². The van der Waals surface area contributed by atoms with Crippen molar-refractivity contribution >= 4 is 29.2 Å². The molecule has 0 heterocycles. The summed E-state index contributed by atoms with van der Waals surface area (Å²) in [5, 5.41) is 8.56. The van der Waals surface area contributed by atoms with E-state index in [-0.39, 0.29) is 0 Å². The van der Waals surface area contributed by atoms with Crippen LogP contribution < -0.4 is 0 Å². The van der Waals surface area contributed by atoms with E-state index in [0.717, 1.165) is 0 Å². The van der Waals surface area contributed by atoms with E-state index in [1.165, 1.54) is 0 Å². The third kappa shape index (κ3) is 0.753. The standard InChI is InChI=1S/C6H8Cl2O2/c1-5(2)3(4(9)10)6(5,7)8/h3H,1-2H3,(H,9,10). The summed E-state index contributed by atoms with van der Waals surface area (Å²) >= 11 is 11.4. The zero-order valence-electron chi connectivity index (χ0n) is 5.69. The maximum absolute atomic E-state index is 10.4. The lowest BCUT2D eigenvalue weighted by Crippen LogP contribution is -2.04. The second kappa shape index (κ2) is 1.80. The number of halogens is 2. The minimum Gasteiger partial charge on any atom is -0.481 e. The first-order chi connectivity index (χ1) is 4.32. The Morgan fingerprint density at radius 3 is 1.80 bits per heavy atom. The summed E-state index contributed by atoms with van der Waals surface area (Å²) in [6, 6.07) is 0. The molecule has 10 heavy (non-hydrogen) atoms. The molecule has 0 aromatic rings. The van der Waals surface area contributed by atoms with Crippen LogP contribution in [0.15, 0.2) is 0 Å². The molecule has 0 aromatic heterocycles. The zero-order valence-corrected chi connectivity index (χ0v) is 7.20. The van der Waals surface area contributed by atoms with Gasteiger partial charge in [-0.3, -0.25) is 4.79 Å². The van der Waals surface area contributed by atoms with Crippen molar-refractivity contribution < 1.29 is 9.90 Å². The highest BCUT2D eigenvalue weighted by Crippen LogP contribution is 2.68. The summed E-state index contributed by atoms with van der Waals surface area (Å²) in [4.78, 5) is 10.4. The first-order valence-electron chi connectivity index (χ1n) is 2.92. The Hall–Kier alpha value is 0.0500. The molecule has 1 rings (SSSR count). The van der Waals surface area contributed by atoms with Crippen molar-refractivity contribution in [2.75, 3.05) is 0 Å². The van der Waals surface area contributed by atoms with Gasteiger partial charge in [0, 0.05) is 5.41 Å². The fourth-order valence-corrected chi connectivity index (χ4v) is 1.96. The number of rotatable bonds is 1. The van der Waals surface area contributed by atoms with Crippen LogP contribution in [0.25, 0.3) is 0 Å². The molecule has 0 radical (unpaired) electrons. The van der Waals surface area contributed by atoms with E-state index < -0.39 is 21.6 Å². The molecule has 0 aliphatic heterocycles. The Kier molecular flexibility index (Phi) is 1.47. The van der Waals surface area contributed by atoms with Crippen molar-refractivity contribution in [3.8, 4) is 0 Å². The Balaban J connectivity index is 2.81. The zero-order chi connectivity index (χ0) is 8.15. The van der Waals surface area contributed by atoms with Gasteiger partial charge in [-0.1, -0.05) is 13.8 Å². The van der Waals surface area contributed by atoms with Crippen molar-refractivity contribution in [2.24, 2.45) is 11.3 Å². The normalized spacial score (nSPS) is 33.4. The molecule has 0 saturated heterocycles. The second-order valence-corrected chi connectivity index (χ2v) is 4.50. The predicted molar refractivity (Wildman–Crippen MR) is 39.3 cm³/mol. The third-order valence-electron chi connectivity index (χ3n) is 2.11. The molecule has 0 spiro atoms. The highest BCUT2D eigenvalue weighted by Gasteiger charge is 2.74. The Morgan fingerprint density at radius 1 is 1.50 bits per heavy atom. The molecule has 1 atom stereocenters. The van der Waals surface area contributed by atoms with Crippen LogP contribution in [0.5, 0.6) is 0 Å². The van der Waals surface area contributed by atoms with Gasteiger partial charge >= 0.3 is 5.97 Å². The fraction of sp³-hybridized carbons (Fsp3) is 0.833. The van der Waals surface area contributed by atoms with E-state index in [4.69, 9.17) is 28.3 Å². The molecule has 0 aromatic carbocycles. The smallest absolute Gasteiger partial charge is 0.310 e. The summed E-state index contributed by atoms with van der Waals surface area (Å²) < 4.78 is -1.07. The monoisotopic (exact) mass is 182 g/mol. The van der Waals surface area contributed by atoms with Crippen molar-refractivity contribution in [3.63, 3.8) is 0 Å². The van der Waals surface area contributed by atoms with Gasteiger partial charge in [-0.2, -0.15) is 0 Å². The number of carboxylic acid groups (broad SMARTS) is 1. The quantitative estimate of drug-likeness (QED) is 0.630. The van der Waals surface area contributed by atoms with E-state index >= 15 is 0 Å². The summed E-state index contributed by atoms with van der Waals surface area (Å²) in [7, 11) is 0. The van der Waals surface area contributed by atoms with Crippen LogP contribution in [-0.4, -0.2) is 15.4 Å². The summed E-state index contributed by atoms with van der Waals surface area (Å²) in [5.41, 5.74) is -0.484. The lowest BCUT2D eigenvalue weighted by molar-refractivity contribution is -0.139. The molecular weight excluding hydrogens is 175 g/mol. The highest BCUT2D eigenvalue weighted by molar-refractivity contribution is 6.53. The van der Waals surface area contributed by atoms with E-state index in [0.29, 0.717) is 0 Å². The third-order valence-corrected chi connectivity index (χ3v) is 3.52. The average molecular weight is 183 g/mol. The van der Waals surface area contributed by atoms with Crippen LogP contribution in [0.1, 0.15) is 13.8 Å². The van der Waals surface area contributed by atoms with Gasteiger partial charge < -0.3 is 5.11 Å². The largest absolute Gasteiger partial charge is 0.481 e. The molecule has 58 valence electrons. The predicted octanol–water partition coefficient (Wildman–Crippen LogP) is 1.90. The molecule has 2 nitrogen and oxygen atoms in total. The van der Waals surface area contributed by atoms with Crippen LogP contribution >= 0.6 is 23.2 Å². The van der Waals surface area contributed by atoms with Gasteiger partial charge in [0.05, 0.1) is 5.92 Å². The minimum atomic E-state index is -1.07. The van der Waals surface area contributed by atoms with Gasteiger partial charge in [-0.25, -0.2) is 0 Å². The van der Waals surface area contributed by atoms with E-state index in [2.05, 4.69) is 0 Å². The molecule has 4 heteroatoms. The van der Waals surface area contributed by atoms with Gasteiger partial charge in [0.2, 0.25) is 0 Å². The number of aliphatic carboxylic acids is 1. The maximum Gasteiger partial charge on any atom is 0.310 e. The SMILES string of the molecule is CC1(C)C(C(=O)O)C1(Cl)Cl. The molecule has 1 fully saturated rings. The molecule has 1 aliphatic rings. The summed E-state index contributed by atoms with van der Waals surface area (Å²) in [6.45, 7) is 3.48. The topological polar surface area (TPSA) is 37.3 Å². The van der Waals surface area contributed by atoms with Gasteiger partial charge in [-0.15, -0.1) is 23.2 Å². The molecule has 1 N–H and O–H groups in total. The van der Waals surface area contributed by atoms with Crippen molar-refractivity contribution in [2.45, 2.75) is 18.2 Å². The number of alkyl halides is 2. The van der Waals surface area contributed by atoms with Crippen molar-refractivity contribution in [1.82, 2.24) is 0 Å². The number of hydrogen-bond donors (Lipinski definition) is 1. The van der Waals surface area contributed by atoms with E-state index in [1.807, 2.05) is 0 Å². The minimum absolute atomic E-state index is 0.484. The Bertz CT molecular complexity index is 172. The van der Waals surface area contributed by atoms with Crippen molar-refractivity contribution in [3.05, 3.63) is 0 Å². The summed E-state index contributed by atoms with van der Waals surface area (Å²) in [6.07, 6.45) is 0. The van der Waals surface area contributed by atoms with Gasteiger partial charge in [0.1, 0.15) is 4.33 Å². The fourth-order valence-electron chi connectivity index (χ4n) is 1.12. The maximum atomic E-state index is 10.4. The molecule has 0 bridgehead atoms.